The maximum Gasteiger partial charge on any atom is 0.188 e. The molecule has 5 nitrogen and oxygen atoms in total. The molecule has 1 saturated heterocycles. The van der Waals surface area contributed by atoms with Crippen LogP contribution in [0.3, 0.4) is 0 Å². The van der Waals surface area contributed by atoms with E-state index >= 15 is 0 Å². The average Bonchev–Trinajstić information content (AvgIpc) is 2.94. The van der Waals surface area contributed by atoms with Gasteiger partial charge in [0.25, 0.3) is 0 Å². The number of nitrogens with zero attached hydrogens (tertiary/aromatic N) is 3. The Hall–Kier alpha value is -0.890. The summed E-state index contributed by atoms with van der Waals surface area (Å²) in [5, 5.41) is 3.20. The number of guanidine groups is 1. The van der Waals surface area contributed by atoms with Crippen LogP contribution in [0.15, 0.2) is 23.5 Å². The number of aromatic nitrogens is 1. The van der Waals surface area contributed by atoms with Gasteiger partial charge in [-0.05, 0) is 56.5 Å². The van der Waals surface area contributed by atoms with Crippen LogP contribution in [-0.2, 0) is 6.42 Å². The van der Waals surface area contributed by atoms with Gasteiger partial charge in [0.15, 0.2) is 5.96 Å². The van der Waals surface area contributed by atoms with Crippen molar-refractivity contribution in [3.63, 3.8) is 0 Å². The summed E-state index contributed by atoms with van der Waals surface area (Å²) in [6, 6.07) is 2.62. The van der Waals surface area contributed by atoms with Crippen LogP contribution >= 0.6 is 24.0 Å². The van der Waals surface area contributed by atoms with E-state index in [-0.39, 0.29) is 24.0 Å². The summed E-state index contributed by atoms with van der Waals surface area (Å²) in [7, 11) is 0. The molecule has 2 heterocycles. The molecule has 0 saturated carbocycles. The maximum absolute atomic E-state index is 5.95. The number of aliphatic imine (C=N–C) groups is 1. The van der Waals surface area contributed by atoms with Gasteiger partial charge in [-0.1, -0.05) is 6.92 Å². The fraction of sp³-hybridized carbons (Fsp3) is 0.625. The van der Waals surface area contributed by atoms with Gasteiger partial charge in [-0.2, -0.15) is 0 Å². The largest absolute Gasteiger partial charge is 0.370 e. The number of hydrogen-bond donors (Lipinski definition) is 2. The first kappa shape index (κ1) is 19.2. The molecule has 0 spiro atoms. The van der Waals surface area contributed by atoms with Crippen LogP contribution in [-0.4, -0.2) is 48.1 Å². The van der Waals surface area contributed by atoms with E-state index in [1.54, 1.807) is 0 Å². The van der Waals surface area contributed by atoms with Crippen molar-refractivity contribution >= 4 is 29.9 Å². The number of likely N-dealkylation sites (N-methyl/N-ethyl adjacent to an activating group) is 1. The lowest BCUT2D eigenvalue weighted by Crippen LogP contribution is -2.36. The van der Waals surface area contributed by atoms with E-state index in [1.165, 1.54) is 30.5 Å². The minimum atomic E-state index is 0. The molecule has 1 aliphatic heterocycles. The molecule has 22 heavy (non-hydrogen) atoms. The van der Waals surface area contributed by atoms with E-state index in [0.717, 1.165) is 26.1 Å². The predicted molar refractivity (Wildman–Crippen MR) is 103 cm³/mol. The zero-order valence-electron chi connectivity index (χ0n) is 13.6. The van der Waals surface area contributed by atoms with Crippen molar-refractivity contribution in [2.24, 2.45) is 10.7 Å². The molecule has 124 valence electrons. The van der Waals surface area contributed by atoms with Gasteiger partial charge < -0.3 is 11.1 Å². The van der Waals surface area contributed by atoms with Crippen LogP contribution in [0.5, 0.6) is 0 Å². The number of pyridine rings is 1. The molecule has 0 aromatic carbocycles. The van der Waals surface area contributed by atoms with Gasteiger partial charge in [-0.15, -0.1) is 24.0 Å². The van der Waals surface area contributed by atoms with Crippen molar-refractivity contribution in [3.8, 4) is 0 Å². The molecule has 0 aliphatic carbocycles. The molecular formula is C16H28IN5. The van der Waals surface area contributed by atoms with E-state index in [4.69, 9.17) is 5.73 Å². The number of nitrogens with one attached hydrogen (secondary N) is 1. The van der Waals surface area contributed by atoms with Gasteiger partial charge in [0.1, 0.15) is 0 Å². The number of nitrogens with two attached hydrogens (primary N) is 1. The Labute approximate surface area is 150 Å². The molecule has 3 N–H and O–H groups in total. The fourth-order valence-corrected chi connectivity index (χ4v) is 2.89. The summed E-state index contributed by atoms with van der Waals surface area (Å²) in [6.45, 7) is 8.21. The van der Waals surface area contributed by atoms with Crippen molar-refractivity contribution in [2.75, 3.05) is 26.2 Å². The van der Waals surface area contributed by atoms with Crippen LogP contribution < -0.4 is 11.1 Å². The molecule has 1 fully saturated rings. The Balaban J connectivity index is 0.00000242. The third-order valence-corrected chi connectivity index (χ3v) is 4.21. The van der Waals surface area contributed by atoms with E-state index in [2.05, 4.69) is 40.1 Å². The topological polar surface area (TPSA) is 66.5 Å². The summed E-state index contributed by atoms with van der Waals surface area (Å²) in [4.78, 5) is 11.1. The van der Waals surface area contributed by atoms with Crippen LogP contribution in [0.1, 0.15) is 30.9 Å². The minimum Gasteiger partial charge on any atom is -0.370 e. The van der Waals surface area contributed by atoms with E-state index in [1.807, 2.05) is 12.4 Å². The second-order valence-electron chi connectivity index (χ2n) is 5.63. The second kappa shape index (κ2) is 9.99. The van der Waals surface area contributed by atoms with Crippen LogP contribution in [0.25, 0.3) is 0 Å². The van der Waals surface area contributed by atoms with E-state index in [0.29, 0.717) is 12.0 Å². The highest BCUT2D eigenvalue weighted by atomic mass is 127. The van der Waals surface area contributed by atoms with Crippen molar-refractivity contribution in [1.82, 2.24) is 15.2 Å². The molecule has 6 heteroatoms. The zero-order valence-corrected chi connectivity index (χ0v) is 15.9. The Morgan fingerprint density at radius 2 is 2.36 bits per heavy atom. The van der Waals surface area contributed by atoms with Gasteiger partial charge >= 0.3 is 0 Å². The van der Waals surface area contributed by atoms with E-state index in [9.17, 15) is 0 Å². The van der Waals surface area contributed by atoms with Crippen LogP contribution in [0, 0.1) is 6.92 Å². The number of likely N-dealkylation sites (tertiary alicyclic amines) is 1. The first-order chi connectivity index (χ1) is 10.2. The van der Waals surface area contributed by atoms with Gasteiger partial charge in [0.05, 0.1) is 6.54 Å². The molecule has 1 aliphatic rings. The summed E-state index contributed by atoms with van der Waals surface area (Å²) in [5.41, 5.74) is 8.47. The Kier molecular flexibility index (Phi) is 8.70. The number of halogens is 1. The van der Waals surface area contributed by atoms with Gasteiger partial charge in [0, 0.05) is 25.0 Å². The van der Waals surface area contributed by atoms with Crippen molar-refractivity contribution in [1.29, 1.82) is 0 Å². The first-order valence-corrected chi connectivity index (χ1v) is 7.88. The Morgan fingerprint density at radius 3 is 3.09 bits per heavy atom. The zero-order chi connectivity index (χ0) is 15.1. The lowest BCUT2D eigenvalue weighted by molar-refractivity contribution is 0.273. The molecular weight excluding hydrogens is 389 g/mol. The molecule has 2 rings (SSSR count). The lowest BCUT2D eigenvalue weighted by atomic mass is 10.1. The SMILES string of the molecule is CCN1CCCC1CN=C(N)NCCc1ccncc1C.I. The summed E-state index contributed by atoms with van der Waals surface area (Å²) < 4.78 is 0. The van der Waals surface area contributed by atoms with Crippen LogP contribution in [0.4, 0.5) is 0 Å². The van der Waals surface area contributed by atoms with Gasteiger partial charge in [-0.25, -0.2) is 0 Å². The first-order valence-electron chi connectivity index (χ1n) is 7.88. The smallest absolute Gasteiger partial charge is 0.188 e. The molecule has 1 atom stereocenters. The molecule has 0 bridgehead atoms. The predicted octanol–water partition coefficient (Wildman–Crippen LogP) is 1.94. The van der Waals surface area contributed by atoms with Crippen LogP contribution in [0.2, 0.25) is 0 Å². The lowest BCUT2D eigenvalue weighted by Gasteiger charge is -2.21. The number of aryl methyl sites for hydroxylation is 1. The Morgan fingerprint density at radius 1 is 1.55 bits per heavy atom. The maximum atomic E-state index is 5.95. The third kappa shape index (κ3) is 5.72. The highest BCUT2D eigenvalue weighted by Crippen LogP contribution is 2.16. The highest BCUT2D eigenvalue weighted by molar-refractivity contribution is 14.0. The van der Waals surface area contributed by atoms with Gasteiger partial charge in [-0.3, -0.25) is 14.9 Å². The molecule has 1 aromatic heterocycles. The summed E-state index contributed by atoms with van der Waals surface area (Å²) in [6.07, 6.45) is 7.18. The number of hydrogen-bond acceptors (Lipinski definition) is 3. The average molecular weight is 417 g/mol. The Bertz CT molecular complexity index is 477. The molecule has 0 radical (unpaired) electrons. The van der Waals surface area contributed by atoms with Gasteiger partial charge in [0.2, 0.25) is 0 Å². The van der Waals surface area contributed by atoms with Crippen molar-refractivity contribution < 1.29 is 0 Å². The second-order valence-corrected chi connectivity index (χ2v) is 5.63. The minimum absolute atomic E-state index is 0. The fourth-order valence-electron chi connectivity index (χ4n) is 2.89. The number of rotatable bonds is 6. The third-order valence-electron chi connectivity index (χ3n) is 4.21. The van der Waals surface area contributed by atoms with Crippen molar-refractivity contribution in [2.45, 2.75) is 39.2 Å². The summed E-state index contributed by atoms with van der Waals surface area (Å²) >= 11 is 0. The highest BCUT2D eigenvalue weighted by Gasteiger charge is 2.22. The monoisotopic (exact) mass is 417 g/mol. The molecule has 0 amide bonds. The quantitative estimate of drug-likeness (QED) is 0.422. The standard InChI is InChI=1S/C16H27N5.HI/c1-3-21-10-4-5-15(21)12-20-16(17)19-9-7-14-6-8-18-11-13(14)2;/h6,8,11,15H,3-5,7,9-10,12H2,1-2H3,(H3,17,19,20);1H. The summed E-state index contributed by atoms with van der Waals surface area (Å²) in [5.74, 6) is 0.560. The van der Waals surface area contributed by atoms with E-state index < -0.39 is 0 Å². The molecule has 1 unspecified atom stereocenters. The van der Waals surface area contributed by atoms with Crippen molar-refractivity contribution in [3.05, 3.63) is 29.6 Å². The molecule has 1 aromatic rings. The normalized spacial score (nSPS) is 19.0.